The van der Waals surface area contributed by atoms with Crippen molar-refractivity contribution in [3.05, 3.63) is 34.1 Å². The number of hydrogen-bond donors (Lipinski definition) is 1. The third-order valence-corrected chi connectivity index (χ3v) is 5.32. The molecule has 1 atom stereocenters. The van der Waals surface area contributed by atoms with Crippen molar-refractivity contribution in [1.29, 1.82) is 0 Å². The number of carboxylic acid groups (broad SMARTS) is 1. The van der Waals surface area contributed by atoms with Gasteiger partial charge in [0.1, 0.15) is 10.6 Å². The molecule has 1 N–H and O–H groups in total. The molecule has 1 heterocycles. The first-order valence-corrected chi connectivity index (χ1v) is 7.13. The topological polar surface area (TPSA) is 37.3 Å². The Morgan fingerprint density at radius 3 is 2.94 bits per heavy atom. The molecule has 0 bridgehead atoms. The second-order valence-electron chi connectivity index (χ2n) is 4.16. The van der Waals surface area contributed by atoms with Gasteiger partial charge < -0.3 is 5.11 Å². The Balaban J connectivity index is 2.29. The van der Waals surface area contributed by atoms with Gasteiger partial charge in [-0.3, -0.25) is 4.79 Å². The minimum atomic E-state index is -0.795. The van der Waals surface area contributed by atoms with Gasteiger partial charge in [0.05, 0.1) is 0 Å². The minimum absolute atomic E-state index is 0.327. The SMILES string of the molecule is O=C(O)C1(Cc2cc(F)ccc2Br)CCCS1. The molecule has 0 spiro atoms. The lowest BCUT2D eigenvalue weighted by Crippen LogP contribution is -2.34. The fourth-order valence-corrected chi connectivity index (χ4v) is 3.80. The molecule has 1 aromatic rings. The molecule has 0 radical (unpaired) electrons. The summed E-state index contributed by atoms with van der Waals surface area (Å²) in [6.45, 7) is 0. The maximum absolute atomic E-state index is 13.2. The third-order valence-electron chi connectivity index (χ3n) is 2.98. The number of carboxylic acids is 1. The monoisotopic (exact) mass is 318 g/mol. The number of benzene rings is 1. The molecule has 0 aromatic heterocycles. The van der Waals surface area contributed by atoms with Crippen LogP contribution in [0.5, 0.6) is 0 Å². The zero-order chi connectivity index (χ0) is 12.5. The van der Waals surface area contributed by atoms with Crippen LogP contribution in [0.2, 0.25) is 0 Å². The van der Waals surface area contributed by atoms with Crippen molar-refractivity contribution in [3.63, 3.8) is 0 Å². The van der Waals surface area contributed by atoms with E-state index in [1.807, 2.05) is 0 Å². The molecule has 0 aliphatic carbocycles. The average molecular weight is 319 g/mol. The third kappa shape index (κ3) is 2.65. The Bertz CT molecular complexity index is 444. The van der Waals surface area contributed by atoms with Gasteiger partial charge in [0.2, 0.25) is 0 Å². The number of aliphatic carboxylic acids is 1. The predicted molar refractivity (Wildman–Crippen MR) is 69.9 cm³/mol. The summed E-state index contributed by atoms with van der Waals surface area (Å²) in [5.74, 6) is -0.262. The summed E-state index contributed by atoms with van der Waals surface area (Å²) in [5, 5.41) is 9.36. The highest BCUT2D eigenvalue weighted by Gasteiger charge is 2.42. The lowest BCUT2D eigenvalue weighted by Gasteiger charge is -2.23. The predicted octanol–water partition coefficient (Wildman–Crippen LogP) is 3.48. The molecule has 1 aliphatic heterocycles. The van der Waals surface area contributed by atoms with E-state index in [1.54, 1.807) is 6.07 Å². The van der Waals surface area contributed by atoms with Gasteiger partial charge in [0, 0.05) is 4.47 Å². The lowest BCUT2D eigenvalue weighted by molar-refractivity contribution is -0.139. The zero-order valence-corrected chi connectivity index (χ0v) is 11.5. The van der Waals surface area contributed by atoms with Crippen LogP contribution in [0.25, 0.3) is 0 Å². The maximum Gasteiger partial charge on any atom is 0.320 e. The van der Waals surface area contributed by atoms with Gasteiger partial charge in [-0.15, -0.1) is 11.8 Å². The van der Waals surface area contributed by atoms with E-state index in [2.05, 4.69) is 15.9 Å². The Morgan fingerprint density at radius 2 is 2.35 bits per heavy atom. The molecule has 2 nitrogen and oxygen atoms in total. The van der Waals surface area contributed by atoms with Crippen molar-refractivity contribution >= 4 is 33.7 Å². The van der Waals surface area contributed by atoms with Crippen LogP contribution >= 0.6 is 27.7 Å². The first-order chi connectivity index (χ1) is 8.03. The molecule has 1 saturated heterocycles. The van der Waals surface area contributed by atoms with Crippen LogP contribution in [0.4, 0.5) is 4.39 Å². The van der Waals surface area contributed by atoms with Crippen LogP contribution in [0.1, 0.15) is 18.4 Å². The molecule has 0 amide bonds. The molecule has 1 aromatic carbocycles. The highest BCUT2D eigenvalue weighted by Crippen LogP contribution is 2.42. The van der Waals surface area contributed by atoms with Crippen LogP contribution in [-0.4, -0.2) is 21.6 Å². The van der Waals surface area contributed by atoms with E-state index in [9.17, 15) is 14.3 Å². The van der Waals surface area contributed by atoms with E-state index < -0.39 is 10.7 Å². The number of carbonyl (C=O) groups is 1. The summed E-state index contributed by atoms with van der Waals surface area (Å²) in [7, 11) is 0. The summed E-state index contributed by atoms with van der Waals surface area (Å²) < 4.78 is 13.2. The van der Waals surface area contributed by atoms with Crippen LogP contribution in [0.15, 0.2) is 22.7 Å². The van der Waals surface area contributed by atoms with Gasteiger partial charge in [0.15, 0.2) is 0 Å². The first-order valence-electron chi connectivity index (χ1n) is 5.35. The quantitative estimate of drug-likeness (QED) is 0.927. The summed E-state index contributed by atoms with van der Waals surface area (Å²) in [6.07, 6.45) is 1.92. The highest BCUT2D eigenvalue weighted by atomic mass is 79.9. The van der Waals surface area contributed by atoms with Gasteiger partial charge in [-0.05, 0) is 48.8 Å². The first kappa shape index (κ1) is 12.9. The zero-order valence-electron chi connectivity index (χ0n) is 9.08. The van der Waals surface area contributed by atoms with Gasteiger partial charge in [-0.25, -0.2) is 4.39 Å². The van der Waals surface area contributed by atoms with E-state index in [0.29, 0.717) is 12.8 Å². The van der Waals surface area contributed by atoms with Gasteiger partial charge in [-0.1, -0.05) is 15.9 Å². The Hall–Kier alpha value is -0.550. The lowest BCUT2D eigenvalue weighted by atomic mass is 9.94. The van der Waals surface area contributed by atoms with E-state index in [-0.39, 0.29) is 5.82 Å². The maximum atomic E-state index is 13.2. The second kappa shape index (κ2) is 4.98. The molecule has 1 aliphatic rings. The van der Waals surface area contributed by atoms with E-state index >= 15 is 0 Å². The standard InChI is InChI=1S/C12H12BrFO2S/c13-10-3-2-9(14)6-8(10)7-12(11(15)16)4-1-5-17-12/h2-3,6H,1,4-5,7H2,(H,15,16). The molecular formula is C12H12BrFO2S. The molecule has 2 rings (SSSR count). The fourth-order valence-electron chi connectivity index (χ4n) is 2.07. The molecular weight excluding hydrogens is 307 g/mol. The summed E-state index contributed by atoms with van der Waals surface area (Å²) >= 11 is 4.81. The van der Waals surface area contributed by atoms with Crippen molar-refractivity contribution in [2.45, 2.75) is 24.0 Å². The van der Waals surface area contributed by atoms with Crippen molar-refractivity contribution < 1.29 is 14.3 Å². The number of halogens is 2. The van der Waals surface area contributed by atoms with Crippen LogP contribution in [-0.2, 0) is 11.2 Å². The molecule has 1 fully saturated rings. The summed E-state index contributed by atoms with van der Waals surface area (Å²) in [5.41, 5.74) is 0.724. The van der Waals surface area contributed by atoms with Crippen LogP contribution < -0.4 is 0 Å². The van der Waals surface area contributed by atoms with Crippen LogP contribution in [0.3, 0.4) is 0 Å². The van der Waals surface area contributed by atoms with E-state index in [4.69, 9.17) is 0 Å². The Morgan fingerprint density at radius 1 is 1.59 bits per heavy atom. The van der Waals surface area contributed by atoms with Crippen molar-refractivity contribution in [3.8, 4) is 0 Å². The van der Waals surface area contributed by atoms with Gasteiger partial charge >= 0.3 is 5.97 Å². The van der Waals surface area contributed by atoms with Crippen molar-refractivity contribution in [1.82, 2.24) is 0 Å². The Labute approximate surface area is 112 Å². The molecule has 0 saturated carbocycles. The van der Waals surface area contributed by atoms with Crippen LogP contribution in [0, 0.1) is 5.82 Å². The van der Waals surface area contributed by atoms with Gasteiger partial charge in [0.25, 0.3) is 0 Å². The fraction of sp³-hybridized carbons (Fsp3) is 0.417. The number of rotatable bonds is 3. The molecule has 92 valence electrons. The largest absolute Gasteiger partial charge is 0.480 e. The smallest absolute Gasteiger partial charge is 0.320 e. The Kier molecular flexibility index (Phi) is 3.78. The summed E-state index contributed by atoms with van der Waals surface area (Å²) in [6, 6.07) is 4.40. The minimum Gasteiger partial charge on any atom is -0.480 e. The number of thioether (sulfide) groups is 1. The molecule has 1 unspecified atom stereocenters. The normalized spacial score (nSPS) is 23.9. The molecule has 17 heavy (non-hydrogen) atoms. The van der Waals surface area contributed by atoms with Crippen molar-refractivity contribution in [2.75, 3.05) is 5.75 Å². The van der Waals surface area contributed by atoms with Gasteiger partial charge in [-0.2, -0.15) is 0 Å². The van der Waals surface area contributed by atoms with E-state index in [0.717, 1.165) is 22.2 Å². The van der Waals surface area contributed by atoms with Crippen molar-refractivity contribution in [2.24, 2.45) is 0 Å². The summed E-state index contributed by atoms with van der Waals surface area (Å²) in [4.78, 5) is 11.4. The second-order valence-corrected chi connectivity index (χ2v) is 6.50. The average Bonchev–Trinajstić information content (AvgIpc) is 2.73. The molecule has 5 heteroatoms. The number of hydrogen-bond acceptors (Lipinski definition) is 2. The van der Waals surface area contributed by atoms with E-state index in [1.165, 1.54) is 23.9 Å². The highest BCUT2D eigenvalue weighted by molar-refractivity contribution is 9.10.